The Morgan fingerprint density at radius 3 is 1.32 bits per heavy atom. The lowest BCUT2D eigenvalue weighted by Crippen LogP contribution is -2.29. The van der Waals surface area contributed by atoms with E-state index in [2.05, 4.69) is 74.6 Å². The number of phosphoric acid groups is 1. The van der Waals surface area contributed by atoms with Crippen LogP contribution in [0.5, 0.6) is 0 Å². The van der Waals surface area contributed by atoms with Crippen LogP contribution in [0.3, 0.4) is 0 Å². The predicted molar refractivity (Wildman–Crippen MR) is 261 cm³/mol. The molecule has 10 heteroatoms. The van der Waals surface area contributed by atoms with Crippen molar-refractivity contribution in [1.29, 1.82) is 0 Å². The second-order valence-corrected chi connectivity index (χ2v) is 18.1. The number of ether oxygens (including phenoxy) is 2. The molecule has 0 radical (unpaired) electrons. The number of hydrogen-bond acceptors (Lipinski definition) is 8. The van der Waals surface area contributed by atoms with Gasteiger partial charge in [0.2, 0.25) is 0 Å². The van der Waals surface area contributed by atoms with Crippen LogP contribution in [0.25, 0.3) is 0 Å². The molecule has 0 saturated carbocycles. The maximum absolute atomic E-state index is 12.6. The minimum atomic E-state index is -4.39. The molecule has 0 spiro atoms. The smallest absolute Gasteiger partial charge is 0.462 e. The second kappa shape index (κ2) is 48.2. The summed E-state index contributed by atoms with van der Waals surface area (Å²) in [6, 6.07) is 0. The quantitative estimate of drug-likeness (QED) is 0.0265. The third-order valence-corrected chi connectivity index (χ3v) is 11.7. The highest BCUT2D eigenvalue weighted by atomic mass is 31.2. The number of carbonyl (C=O) groups excluding carboxylic acids is 2. The third-order valence-electron chi connectivity index (χ3n) is 10.7. The molecule has 3 N–H and O–H groups in total. The molecule has 2 atom stereocenters. The zero-order chi connectivity index (χ0) is 45.3. The lowest BCUT2D eigenvalue weighted by atomic mass is 10.0. The summed E-state index contributed by atoms with van der Waals surface area (Å²) in [4.78, 5) is 35.0. The molecule has 0 heterocycles. The molecule has 0 aromatic carbocycles. The normalized spacial score (nSPS) is 13.7. The van der Waals surface area contributed by atoms with Crippen LogP contribution in [-0.2, 0) is 32.7 Å². The Morgan fingerprint density at radius 2 is 0.887 bits per heavy atom. The van der Waals surface area contributed by atoms with Crippen molar-refractivity contribution in [3.8, 4) is 0 Å². The lowest BCUT2D eigenvalue weighted by Gasteiger charge is -2.19. The van der Waals surface area contributed by atoms with Crippen molar-refractivity contribution in [1.82, 2.24) is 0 Å². The summed E-state index contributed by atoms with van der Waals surface area (Å²) in [6.45, 7) is 3.61. The van der Waals surface area contributed by atoms with E-state index >= 15 is 0 Å². The van der Waals surface area contributed by atoms with Crippen molar-refractivity contribution >= 4 is 19.8 Å². The molecule has 0 aliphatic rings. The first-order valence-corrected chi connectivity index (χ1v) is 26.8. The van der Waals surface area contributed by atoms with Crippen LogP contribution in [0.15, 0.2) is 60.8 Å². The van der Waals surface area contributed by atoms with Crippen LogP contribution in [0, 0.1) is 0 Å². The van der Waals surface area contributed by atoms with Gasteiger partial charge in [-0.1, -0.05) is 216 Å². The zero-order valence-corrected chi connectivity index (χ0v) is 40.7. The van der Waals surface area contributed by atoms with E-state index in [1.807, 2.05) is 0 Å². The monoisotopic (exact) mass is 892 g/mol. The van der Waals surface area contributed by atoms with E-state index in [1.165, 1.54) is 122 Å². The largest absolute Gasteiger partial charge is 0.472 e. The molecule has 0 fully saturated rings. The van der Waals surface area contributed by atoms with Crippen LogP contribution in [-0.4, -0.2) is 49.3 Å². The molecule has 360 valence electrons. The fourth-order valence-corrected chi connectivity index (χ4v) is 7.72. The van der Waals surface area contributed by atoms with Gasteiger partial charge in [0, 0.05) is 19.4 Å². The Balaban J connectivity index is 4.09. The SMILES string of the molecule is CC/C=C/C/C=C/C/C=C/C/C=C/C/C=C/CCCCCC(=O)O[C@H](COC(=O)CCCCCCCCCCCCCCCCCCCCCCCC)COP(=O)(O)OCCN. The summed E-state index contributed by atoms with van der Waals surface area (Å²) in [7, 11) is -4.39. The summed E-state index contributed by atoms with van der Waals surface area (Å²) in [5.41, 5.74) is 5.36. The molecule has 9 nitrogen and oxygen atoms in total. The van der Waals surface area contributed by atoms with Gasteiger partial charge in [-0.25, -0.2) is 4.57 Å². The van der Waals surface area contributed by atoms with Gasteiger partial charge in [0.25, 0.3) is 0 Å². The van der Waals surface area contributed by atoms with E-state index in [9.17, 15) is 19.0 Å². The third kappa shape index (κ3) is 47.2. The molecule has 0 saturated heterocycles. The Bertz CT molecular complexity index is 1200. The van der Waals surface area contributed by atoms with Crippen molar-refractivity contribution in [3.63, 3.8) is 0 Å². The number of phosphoric ester groups is 1. The van der Waals surface area contributed by atoms with Crippen LogP contribution < -0.4 is 5.73 Å². The van der Waals surface area contributed by atoms with E-state index in [4.69, 9.17) is 24.3 Å². The number of allylic oxidation sites excluding steroid dienone is 10. The highest BCUT2D eigenvalue weighted by Crippen LogP contribution is 2.43. The maximum atomic E-state index is 12.6. The van der Waals surface area contributed by atoms with E-state index in [0.29, 0.717) is 6.42 Å². The summed E-state index contributed by atoms with van der Waals surface area (Å²) in [6.07, 6.45) is 58.3. The van der Waals surface area contributed by atoms with Gasteiger partial charge in [-0.15, -0.1) is 0 Å². The summed E-state index contributed by atoms with van der Waals surface area (Å²) in [5, 5.41) is 0. The summed E-state index contributed by atoms with van der Waals surface area (Å²) >= 11 is 0. The van der Waals surface area contributed by atoms with Gasteiger partial charge in [0.1, 0.15) is 6.61 Å². The molecule has 0 aromatic rings. The fraction of sp³-hybridized carbons (Fsp3) is 0.769. The van der Waals surface area contributed by atoms with Crippen molar-refractivity contribution in [2.24, 2.45) is 5.73 Å². The first-order chi connectivity index (χ1) is 30.3. The fourth-order valence-electron chi connectivity index (χ4n) is 6.96. The van der Waals surface area contributed by atoms with Gasteiger partial charge in [-0.2, -0.15) is 0 Å². The highest BCUT2D eigenvalue weighted by Gasteiger charge is 2.26. The van der Waals surface area contributed by atoms with Crippen molar-refractivity contribution in [2.45, 2.75) is 232 Å². The number of rotatable bonds is 47. The number of nitrogens with two attached hydrogens (primary N) is 1. The van der Waals surface area contributed by atoms with Gasteiger partial charge < -0.3 is 20.1 Å². The topological polar surface area (TPSA) is 134 Å². The highest BCUT2D eigenvalue weighted by molar-refractivity contribution is 7.47. The molecule has 62 heavy (non-hydrogen) atoms. The van der Waals surface area contributed by atoms with Gasteiger partial charge in [-0.05, 0) is 57.8 Å². The lowest BCUT2D eigenvalue weighted by molar-refractivity contribution is -0.161. The average molecular weight is 892 g/mol. The van der Waals surface area contributed by atoms with Crippen LogP contribution in [0.1, 0.15) is 226 Å². The van der Waals surface area contributed by atoms with E-state index < -0.39 is 26.5 Å². The molecule has 0 aromatic heterocycles. The minimum Gasteiger partial charge on any atom is -0.462 e. The predicted octanol–water partition coefficient (Wildman–Crippen LogP) is 15.2. The van der Waals surface area contributed by atoms with E-state index in [-0.39, 0.29) is 38.6 Å². The maximum Gasteiger partial charge on any atom is 0.472 e. The number of unbranched alkanes of at least 4 members (excludes halogenated alkanes) is 24. The Kier molecular flexibility index (Phi) is 46.4. The minimum absolute atomic E-state index is 0.0462. The van der Waals surface area contributed by atoms with Crippen molar-refractivity contribution in [2.75, 3.05) is 26.4 Å². The molecule has 0 amide bonds. The average Bonchev–Trinajstić information content (AvgIpc) is 3.26. The molecule has 0 rings (SSSR count). The van der Waals surface area contributed by atoms with Gasteiger partial charge in [-0.3, -0.25) is 18.6 Å². The van der Waals surface area contributed by atoms with Crippen LogP contribution in [0.4, 0.5) is 0 Å². The first-order valence-electron chi connectivity index (χ1n) is 25.3. The second-order valence-electron chi connectivity index (χ2n) is 16.7. The summed E-state index contributed by atoms with van der Waals surface area (Å²) in [5.74, 6) is -0.861. The number of carbonyl (C=O) groups is 2. The number of esters is 2. The molecule has 0 aliphatic carbocycles. The van der Waals surface area contributed by atoms with Crippen molar-refractivity contribution in [3.05, 3.63) is 60.8 Å². The van der Waals surface area contributed by atoms with Gasteiger partial charge in [0.05, 0.1) is 13.2 Å². The Labute approximate surface area is 380 Å². The molecule has 0 aliphatic heterocycles. The summed E-state index contributed by atoms with van der Waals surface area (Å²) < 4.78 is 32.9. The molecular formula is C52H94NO8P. The van der Waals surface area contributed by atoms with Crippen LogP contribution in [0.2, 0.25) is 0 Å². The zero-order valence-electron chi connectivity index (χ0n) is 39.8. The molecular weight excluding hydrogens is 798 g/mol. The van der Waals surface area contributed by atoms with E-state index in [0.717, 1.165) is 70.6 Å². The Morgan fingerprint density at radius 1 is 0.500 bits per heavy atom. The van der Waals surface area contributed by atoms with Gasteiger partial charge in [0.15, 0.2) is 6.10 Å². The van der Waals surface area contributed by atoms with Crippen LogP contribution >= 0.6 is 7.82 Å². The van der Waals surface area contributed by atoms with Crippen molar-refractivity contribution < 1.29 is 37.6 Å². The first kappa shape index (κ1) is 59.7. The van der Waals surface area contributed by atoms with Gasteiger partial charge >= 0.3 is 19.8 Å². The number of hydrogen-bond donors (Lipinski definition) is 2. The van der Waals surface area contributed by atoms with E-state index in [1.54, 1.807) is 0 Å². The molecule has 0 bridgehead atoms. The Hall–Kier alpha value is -2.29. The standard InChI is InChI=1S/C52H94NO8P/c1-3-5-7-9-11-13-15-17-19-21-23-24-25-27-28-30-32-34-36-38-40-42-44-51(54)58-48-50(49-60-62(56,57)59-47-46-53)61-52(55)45-43-41-39-37-35-33-31-29-26-22-20-18-16-14-12-10-8-6-4-2/h6,8,12,14,18,20,26,29,33,35,50H,3-5,7,9-11,13,15-17,19,21-25,27-28,30-32,34,36-49,53H2,1-2H3,(H,56,57)/b8-6+,14-12+,20-18+,29-26+,35-33+/t50-/m1/s1. The molecule has 1 unspecified atom stereocenters.